The van der Waals surface area contributed by atoms with Gasteiger partial charge in [0.1, 0.15) is 0 Å². The Kier molecular flexibility index (Phi) is 6.24. The summed E-state index contributed by atoms with van der Waals surface area (Å²) in [5, 5.41) is 3.14. The molecule has 0 saturated heterocycles. The summed E-state index contributed by atoms with van der Waals surface area (Å²) >= 11 is 0. The van der Waals surface area contributed by atoms with Gasteiger partial charge in [-0.25, -0.2) is 0 Å². The van der Waals surface area contributed by atoms with Gasteiger partial charge in [-0.15, -0.1) is 12.4 Å². The molecule has 0 radical (unpaired) electrons. The van der Waals surface area contributed by atoms with Gasteiger partial charge in [-0.1, -0.05) is 23.8 Å². The van der Waals surface area contributed by atoms with E-state index in [0.29, 0.717) is 18.9 Å². The zero-order chi connectivity index (χ0) is 14.8. The number of nitrogens with two attached hydrogens (primary N) is 1. The maximum absolute atomic E-state index is 12.1. The fourth-order valence-corrected chi connectivity index (χ4v) is 2.80. The molecule has 1 aliphatic rings. The lowest BCUT2D eigenvalue weighted by molar-refractivity contribution is -0.123. The monoisotopic (exact) mass is 310 g/mol. The van der Waals surface area contributed by atoms with E-state index in [1.165, 1.54) is 29.5 Å². The number of hydrogen-bond acceptors (Lipinski definition) is 2. The van der Waals surface area contributed by atoms with Crippen LogP contribution in [0.25, 0.3) is 0 Å². The van der Waals surface area contributed by atoms with Gasteiger partial charge >= 0.3 is 0 Å². The van der Waals surface area contributed by atoms with E-state index in [4.69, 9.17) is 5.73 Å². The smallest absolute Gasteiger partial charge is 0.220 e. The van der Waals surface area contributed by atoms with Crippen molar-refractivity contribution >= 4 is 18.3 Å². The Morgan fingerprint density at radius 2 is 2.05 bits per heavy atom. The van der Waals surface area contributed by atoms with Crippen molar-refractivity contribution in [1.82, 2.24) is 5.32 Å². The molecular formula is C17H27ClN2O. The minimum absolute atomic E-state index is 0. The van der Waals surface area contributed by atoms with E-state index in [9.17, 15) is 4.79 Å². The molecule has 0 aliphatic heterocycles. The Morgan fingerprint density at radius 3 is 2.57 bits per heavy atom. The van der Waals surface area contributed by atoms with E-state index >= 15 is 0 Å². The maximum atomic E-state index is 12.1. The average molecular weight is 311 g/mol. The standard InChI is InChI=1S/C17H26N2O.ClH/c1-12-4-5-14(13(2)10-12)6-9-16(20)19-17(3,11-18)15-7-8-15;/h4-5,10,15H,6-9,11,18H2,1-3H3,(H,19,20);1H. The number of halogens is 1. The van der Waals surface area contributed by atoms with Crippen LogP contribution in [0.5, 0.6) is 0 Å². The first-order valence-electron chi connectivity index (χ1n) is 7.52. The molecule has 2 rings (SSSR count). The van der Waals surface area contributed by atoms with Gasteiger partial charge in [-0.3, -0.25) is 4.79 Å². The van der Waals surface area contributed by atoms with E-state index in [-0.39, 0.29) is 23.9 Å². The number of rotatable bonds is 6. The lowest BCUT2D eigenvalue weighted by atomic mass is 9.95. The molecule has 118 valence electrons. The molecule has 1 unspecified atom stereocenters. The van der Waals surface area contributed by atoms with Crippen LogP contribution in [0.15, 0.2) is 18.2 Å². The van der Waals surface area contributed by atoms with Crippen molar-refractivity contribution in [3.63, 3.8) is 0 Å². The summed E-state index contributed by atoms with van der Waals surface area (Å²) in [6, 6.07) is 6.40. The Balaban J connectivity index is 0.00000220. The van der Waals surface area contributed by atoms with Crippen LogP contribution in [-0.4, -0.2) is 18.0 Å². The third kappa shape index (κ3) is 4.72. The Hall–Kier alpha value is -1.06. The molecule has 0 aromatic heterocycles. The number of nitrogens with one attached hydrogen (secondary N) is 1. The van der Waals surface area contributed by atoms with Crippen LogP contribution >= 0.6 is 12.4 Å². The van der Waals surface area contributed by atoms with E-state index in [1.807, 2.05) is 0 Å². The number of carbonyl (C=O) groups excluding carboxylic acids is 1. The molecule has 0 bridgehead atoms. The van der Waals surface area contributed by atoms with E-state index in [0.717, 1.165) is 6.42 Å². The molecule has 1 aromatic rings. The zero-order valence-electron chi connectivity index (χ0n) is 13.2. The molecule has 1 atom stereocenters. The van der Waals surface area contributed by atoms with Crippen LogP contribution in [0.3, 0.4) is 0 Å². The topological polar surface area (TPSA) is 55.1 Å². The second-order valence-corrected chi connectivity index (χ2v) is 6.37. The van der Waals surface area contributed by atoms with E-state index in [1.54, 1.807) is 0 Å². The number of amides is 1. The fraction of sp³-hybridized carbons (Fsp3) is 0.588. The van der Waals surface area contributed by atoms with Gasteiger partial charge in [0.15, 0.2) is 0 Å². The third-order valence-electron chi connectivity index (χ3n) is 4.45. The molecule has 1 aromatic carbocycles. The molecule has 1 amide bonds. The molecule has 1 fully saturated rings. The van der Waals surface area contributed by atoms with Gasteiger partial charge in [0.25, 0.3) is 0 Å². The second kappa shape index (κ2) is 7.28. The summed E-state index contributed by atoms with van der Waals surface area (Å²) in [6.45, 7) is 6.78. The number of hydrogen-bond donors (Lipinski definition) is 2. The predicted molar refractivity (Wildman–Crippen MR) is 89.8 cm³/mol. The van der Waals surface area contributed by atoms with Crippen molar-refractivity contribution in [2.24, 2.45) is 11.7 Å². The van der Waals surface area contributed by atoms with Crippen LogP contribution in [0.1, 0.15) is 42.9 Å². The van der Waals surface area contributed by atoms with Gasteiger partial charge in [-0.05, 0) is 57.1 Å². The second-order valence-electron chi connectivity index (χ2n) is 6.37. The highest BCUT2D eigenvalue weighted by Gasteiger charge is 2.41. The van der Waals surface area contributed by atoms with Crippen molar-refractivity contribution in [2.45, 2.75) is 52.0 Å². The quantitative estimate of drug-likeness (QED) is 0.849. The minimum Gasteiger partial charge on any atom is -0.349 e. The van der Waals surface area contributed by atoms with Crippen LogP contribution < -0.4 is 11.1 Å². The van der Waals surface area contributed by atoms with Gasteiger partial charge in [0, 0.05) is 13.0 Å². The Bertz CT molecular complexity index is 500. The van der Waals surface area contributed by atoms with Gasteiger partial charge in [0.2, 0.25) is 5.91 Å². The molecule has 1 aliphatic carbocycles. The van der Waals surface area contributed by atoms with Crippen LogP contribution in [-0.2, 0) is 11.2 Å². The molecule has 3 N–H and O–H groups in total. The first kappa shape index (κ1) is 18.0. The first-order valence-corrected chi connectivity index (χ1v) is 7.52. The predicted octanol–water partition coefficient (Wildman–Crippen LogP) is 2.90. The van der Waals surface area contributed by atoms with E-state index < -0.39 is 0 Å². The molecule has 3 nitrogen and oxygen atoms in total. The summed E-state index contributed by atoms with van der Waals surface area (Å²) in [4.78, 5) is 12.1. The molecule has 4 heteroatoms. The Labute approximate surface area is 134 Å². The van der Waals surface area contributed by atoms with Crippen molar-refractivity contribution in [2.75, 3.05) is 6.54 Å². The molecule has 21 heavy (non-hydrogen) atoms. The minimum atomic E-state index is -0.209. The van der Waals surface area contributed by atoms with Gasteiger partial charge in [0.05, 0.1) is 5.54 Å². The van der Waals surface area contributed by atoms with Crippen molar-refractivity contribution < 1.29 is 4.79 Å². The highest BCUT2D eigenvalue weighted by Crippen LogP contribution is 2.39. The summed E-state index contributed by atoms with van der Waals surface area (Å²) in [5.74, 6) is 0.683. The zero-order valence-corrected chi connectivity index (χ0v) is 14.1. The van der Waals surface area contributed by atoms with Crippen LogP contribution in [0, 0.1) is 19.8 Å². The maximum Gasteiger partial charge on any atom is 0.220 e. The largest absolute Gasteiger partial charge is 0.349 e. The number of benzene rings is 1. The average Bonchev–Trinajstić information content (AvgIpc) is 3.22. The van der Waals surface area contributed by atoms with Gasteiger partial charge in [-0.2, -0.15) is 0 Å². The Morgan fingerprint density at radius 1 is 1.38 bits per heavy atom. The summed E-state index contributed by atoms with van der Waals surface area (Å²) in [7, 11) is 0. The summed E-state index contributed by atoms with van der Waals surface area (Å²) in [5.41, 5.74) is 9.41. The lowest BCUT2D eigenvalue weighted by Gasteiger charge is -2.29. The third-order valence-corrected chi connectivity index (χ3v) is 4.45. The SMILES string of the molecule is Cc1ccc(CCC(=O)NC(C)(CN)C2CC2)c(C)c1.Cl. The van der Waals surface area contributed by atoms with Crippen LogP contribution in [0.4, 0.5) is 0 Å². The molecular weight excluding hydrogens is 284 g/mol. The van der Waals surface area contributed by atoms with Crippen molar-refractivity contribution in [1.29, 1.82) is 0 Å². The lowest BCUT2D eigenvalue weighted by Crippen LogP contribution is -2.53. The normalized spacial score (nSPS) is 16.8. The number of aryl methyl sites for hydroxylation is 3. The van der Waals surface area contributed by atoms with Crippen molar-refractivity contribution in [3.8, 4) is 0 Å². The summed E-state index contributed by atoms with van der Waals surface area (Å²) < 4.78 is 0. The first-order chi connectivity index (χ1) is 9.44. The molecule has 0 spiro atoms. The summed E-state index contributed by atoms with van der Waals surface area (Å²) in [6.07, 6.45) is 3.70. The van der Waals surface area contributed by atoms with Gasteiger partial charge < -0.3 is 11.1 Å². The van der Waals surface area contributed by atoms with Crippen molar-refractivity contribution in [3.05, 3.63) is 34.9 Å². The fourth-order valence-electron chi connectivity index (χ4n) is 2.80. The number of carbonyl (C=O) groups is 1. The highest BCUT2D eigenvalue weighted by atomic mass is 35.5. The molecule has 1 saturated carbocycles. The van der Waals surface area contributed by atoms with Crippen LogP contribution in [0.2, 0.25) is 0 Å². The highest BCUT2D eigenvalue weighted by molar-refractivity contribution is 5.85. The van der Waals surface area contributed by atoms with E-state index in [2.05, 4.69) is 44.3 Å². The molecule has 0 heterocycles.